The molecule has 0 bridgehead atoms. The Morgan fingerprint density at radius 2 is 1.80 bits per heavy atom. The third-order valence-corrected chi connectivity index (χ3v) is 3.75. The van der Waals surface area contributed by atoms with Crippen LogP contribution in [-0.4, -0.2) is 13.0 Å². The minimum Gasteiger partial charge on any atom is -0.489 e. The second kappa shape index (κ2) is 5.78. The quantitative estimate of drug-likeness (QED) is 0.879. The zero-order valence-electron chi connectivity index (χ0n) is 10.1. The smallest absolute Gasteiger partial charge is 0.294 e. The van der Waals surface area contributed by atoms with Crippen LogP contribution in [0.25, 0.3) is 0 Å². The van der Waals surface area contributed by atoms with Crippen molar-refractivity contribution in [3.05, 3.63) is 58.9 Å². The van der Waals surface area contributed by atoms with Crippen LogP contribution in [0.2, 0.25) is 5.02 Å². The Morgan fingerprint density at radius 3 is 2.35 bits per heavy atom. The molecule has 0 spiro atoms. The van der Waals surface area contributed by atoms with E-state index in [2.05, 4.69) is 0 Å². The number of halogens is 2. The monoisotopic (exact) mass is 316 g/mol. The summed E-state index contributed by atoms with van der Waals surface area (Å²) >= 11 is 5.85. The van der Waals surface area contributed by atoms with Crippen molar-refractivity contribution in [2.45, 2.75) is 11.5 Å². The summed E-state index contributed by atoms with van der Waals surface area (Å²) in [5, 5.41) is 0.250. The van der Waals surface area contributed by atoms with Crippen LogP contribution >= 0.6 is 11.6 Å². The zero-order chi connectivity index (χ0) is 14.8. The molecule has 1 N–H and O–H groups in total. The van der Waals surface area contributed by atoms with Crippen molar-refractivity contribution in [1.29, 1.82) is 0 Å². The summed E-state index contributed by atoms with van der Waals surface area (Å²) in [4.78, 5) is -0.218. The van der Waals surface area contributed by atoms with Gasteiger partial charge in [0, 0.05) is 5.56 Å². The fourth-order valence-electron chi connectivity index (χ4n) is 1.51. The molecule has 0 saturated carbocycles. The van der Waals surface area contributed by atoms with Gasteiger partial charge in [0.05, 0.1) is 9.92 Å². The van der Waals surface area contributed by atoms with Gasteiger partial charge in [0.1, 0.15) is 18.2 Å². The first-order chi connectivity index (χ1) is 9.36. The molecule has 0 fully saturated rings. The highest BCUT2D eigenvalue weighted by molar-refractivity contribution is 7.85. The minimum absolute atomic E-state index is 0.115. The van der Waals surface area contributed by atoms with Gasteiger partial charge in [-0.1, -0.05) is 17.7 Å². The van der Waals surface area contributed by atoms with Crippen LogP contribution in [0.3, 0.4) is 0 Å². The summed E-state index contributed by atoms with van der Waals surface area (Å²) in [5.74, 6) is -0.0333. The van der Waals surface area contributed by atoms with Gasteiger partial charge in [-0.25, -0.2) is 4.39 Å². The van der Waals surface area contributed by atoms with Crippen LogP contribution in [-0.2, 0) is 16.7 Å². The van der Waals surface area contributed by atoms with E-state index >= 15 is 0 Å². The van der Waals surface area contributed by atoms with Gasteiger partial charge in [-0.05, 0) is 36.4 Å². The van der Waals surface area contributed by atoms with E-state index in [9.17, 15) is 12.8 Å². The molecule has 0 aromatic heterocycles. The molecule has 0 amide bonds. The molecule has 2 rings (SSSR count). The lowest BCUT2D eigenvalue weighted by molar-refractivity contribution is 0.306. The first-order valence-corrected chi connectivity index (χ1v) is 7.32. The molecule has 4 nitrogen and oxygen atoms in total. The topological polar surface area (TPSA) is 63.6 Å². The summed E-state index contributed by atoms with van der Waals surface area (Å²) in [6, 6.07) is 9.20. The van der Waals surface area contributed by atoms with Gasteiger partial charge in [-0.15, -0.1) is 0 Å². The third kappa shape index (κ3) is 3.69. The maximum Gasteiger partial charge on any atom is 0.294 e. The highest BCUT2D eigenvalue weighted by Crippen LogP contribution is 2.21. The summed E-state index contributed by atoms with van der Waals surface area (Å²) in [6.07, 6.45) is 0. The van der Waals surface area contributed by atoms with Crippen molar-refractivity contribution in [3.63, 3.8) is 0 Å². The van der Waals surface area contributed by atoms with Gasteiger partial charge in [0.25, 0.3) is 10.1 Å². The Morgan fingerprint density at radius 1 is 1.15 bits per heavy atom. The lowest BCUT2D eigenvalue weighted by Crippen LogP contribution is -1.99. The molecule has 0 aliphatic rings. The number of benzene rings is 2. The Labute approximate surface area is 120 Å². The van der Waals surface area contributed by atoms with Crippen LogP contribution < -0.4 is 4.74 Å². The fourth-order valence-corrected chi connectivity index (χ4v) is 2.21. The molecule has 106 valence electrons. The lowest BCUT2D eigenvalue weighted by Gasteiger charge is -2.08. The maximum atomic E-state index is 12.9. The van der Waals surface area contributed by atoms with Gasteiger partial charge in [-0.2, -0.15) is 8.42 Å². The molecular formula is C13H10ClFO4S. The van der Waals surface area contributed by atoms with Crippen LogP contribution in [0.4, 0.5) is 4.39 Å². The van der Waals surface area contributed by atoms with Crippen molar-refractivity contribution >= 4 is 21.7 Å². The molecule has 0 atom stereocenters. The molecule has 7 heteroatoms. The number of hydrogen-bond acceptors (Lipinski definition) is 3. The Hall–Kier alpha value is -1.63. The van der Waals surface area contributed by atoms with Gasteiger partial charge in [0.15, 0.2) is 0 Å². The summed E-state index contributed by atoms with van der Waals surface area (Å²) in [5.41, 5.74) is 0.604. The number of rotatable bonds is 4. The highest BCUT2D eigenvalue weighted by atomic mass is 35.5. The van der Waals surface area contributed by atoms with E-state index < -0.39 is 15.9 Å². The molecule has 0 aliphatic carbocycles. The lowest BCUT2D eigenvalue weighted by atomic mass is 10.2. The van der Waals surface area contributed by atoms with Crippen molar-refractivity contribution in [2.75, 3.05) is 0 Å². The van der Waals surface area contributed by atoms with Gasteiger partial charge in [0.2, 0.25) is 0 Å². The van der Waals surface area contributed by atoms with E-state index in [0.29, 0.717) is 11.3 Å². The van der Waals surface area contributed by atoms with Gasteiger partial charge in [-0.3, -0.25) is 4.55 Å². The molecule has 0 unspecified atom stereocenters. The number of ether oxygens (including phenoxy) is 1. The zero-order valence-corrected chi connectivity index (χ0v) is 11.7. The van der Waals surface area contributed by atoms with Crippen molar-refractivity contribution in [3.8, 4) is 5.75 Å². The average molecular weight is 317 g/mol. The van der Waals surface area contributed by atoms with Crippen LogP contribution in [0.5, 0.6) is 5.75 Å². The van der Waals surface area contributed by atoms with Crippen LogP contribution in [0.15, 0.2) is 47.4 Å². The first-order valence-electron chi connectivity index (χ1n) is 5.50. The van der Waals surface area contributed by atoms with Gasteiger partial charge >= 0.3 is 0 Å². The fraction of sp³-hybridized carbons (Fsp3) is 0.0769. The largest absolute Gasteiger partial charge is 0.489 e. The predicted molar refractivity (Wildman–Crippen MR) is 72.0 cm³/mol. The van der Waals surface area contributed by atoms with Crippen molar-refractivity contribution < 1.29 is 22.1 Å². The van der Waals surface area contributed by atoms with Gasteiger partial charge < -0.3 is 4.74 Å². The van der Waals surface area contributed by atoms with Crippen molar-refractivity contribution in [2.24, 2.45) is 0 Å². The molecule has 2 aromatic rings. The number of hydrogen-bond donors (Lipinski definition) is 1. The summed E-state index contributed by atoms with van der Waals surface area (Å²) in [7, 11) is -4.22. The molecule has 0 heterocycles. The molecule has 0 saturated heterocycles. The first kappa shape index (κ1) is 14.8. The standard InChI is InChI=1S/C13H10ClFO4S/c14-13-7-10(15)2-1-9(13)8-19-11-3-5-12(6-4-11)20(16,17)18/h1-7H,8H2,(H,16,17,18). The van der Waals surface area contributed by atoms with E-state index in [1.807, 2.05) is 0 Å². The van der Waals surface area contributed by atoms with E-state index in [0.717, 1.165) is 0 Å². The van der Waals surface area contributed by atoms with Crippen LogP contribution in [0.1, 0.15) is 5.56 Å². The van der Waals surface area contributed by atoms with E-state index in [1.54, 1.807) is 0 Å². The molecule has 0 radical (unpaired) electrons. The summed E-state index contributed by atoms with van der Waals surface area (Å²) < 4.78 is 48.8. The summed E-state index contributed by atoms with van der Waals surface area (Å²) in [6.45, 7) is 0.115. The van der Waals surface area contributed by atoms with E-state index in [-0.39, 0.29) is 16.5 Å². The second-order valence-electron chi connectivity index (χ2n) is 3.97. The predicted octanol–water partition coefficient (Wildman–Crippen LogP) is 3.30. The van der Waals surface area contributed by atoms with E-state index in [4.69, 9.17) is 20.9 Å². The maximum absolute atomic E-state index is 12.9. The second-order valence-corrected chi connectivity index (χ2v) is 5.80. The molecular weight excluding hydrogens is 307 g/mol. The highest BCUT2D eigenvalue weighted by Gasteiger charge is 2.09. The van der Waals surface area contributed by atoms with E-state index in [1.165, 1.54) is 42.5 Å². The Bertz CT molecular complexity index is 714. The Balaban J connectivity index is 2.08. The molecule has 0 aliphatic heterocycles. The normalized spacial score (nSPS) is 11.3. The molecule has 20 heavy (non-hydrogen) atoms. The van der Waals surface area contributed by atoms with Crippen LogP contribution in [0, 0.1) is 5.82 Å². The Kier molecular flexibility index (Phi) is 4.27. The molecule has 2 aromatic carbocycles. The third-order valence-electron chi connectivity index (χ3n) is 2.53. The minimum atomic E-state index is -4.22. The van der Waals surface area contributed by atoms with Crippen molar-refractivity contribution in [1.82, 2.24) is 0 Å². The average Bonchev–Trinajstić information content (AvgIpc) is 2.37. The SMILES string of the molecule is O=S(=O)(O)c1ccc(OCc2ccc(F)cc2Cl)cc1.